The molecule has 0 saturated carbocycles. The van der Waals surface area contributed by atoms with Crippen LogP contribution in [0.3, 0.4) is 0 Å². The SMILES string of the molecule is CC(C)(C)OC(=O)NCCCOc1cccc(BOC(C)(C)C(C)(C)O)c1. The largest absolute Gasteiger partial charge is 0.494 e. The predicted octanol–water partition coefficient (Wildman–Crippen LogP) is 2.52. The fraction of sp³-hybridized carbons (Fsp3) is 0.650. The van der Waals surface area contributed by atoms with Crippen molar-refractivity contribution >= 4 is 19.0 Å². The number of carbonyl (C=O) groups excluding carboxylic acids is 1. The van der Waals surface area contributed by atoms with Crippen molar-refractivity contribution in [3.63, 3.8) is 0 Å². The van der Waals surface area contributed by atoms with Crippen molar-refractivity contribution in [2.45, 2.75) is 71.7 Å². The van der Waals surface area contributed by atoms with Gasteiger partial charge < -0.3 is 24.6 Å². The summed E-state index contributed by atoms with van der Waals surface area (Å²) in [5.74, 6) is 0.745. The Labute approximate surface area is 163 Å². The zero-order valence-corrected chi connectivity index (χ0v) is 17.7. The molecule has 7 heteroatoms. The number of hydrogen-bond donors (Lipinski definition) is 2. The highest BCUT2D eigenvalue weighted by atomic mass is 16.6. The second-order valence-electron chi connectivity index (χ2n) is 8.64. The van der Waals surface area contributed by atoms with Crippen LogP contribution in [0.1, 0.15) is 54.9 Å². The van der Waals surface area contributed by atoms with Gasteiger partial charge >= 0.3 is 13.6 Å². The van der Waals surface area contributed by atoms with Gasteiger partial charge in [-0.25, -0.2) is 4.79 Å². The summed E-state index contributed by atoms with van der Waals surface area (Å²) in [5.41, 5.74) is -1.14. The van der Waals surface area contributed by atoms with Crippen LogP contribution >= 0.6 is 0 Å². The van der Waals surface area contributed by atoms with Gasteiger partial charge in [-0.05, 0) is 72.5 Å². The van der Waals surface area contributed by atoms with Crippen LogP contribution in [0.4, 0.5) is 4.79 Å². The lowest BCUT2D eigenvalue weighted by molar-refractivity contribution is -0.0893. The van der Waals surface area contributed by atoms with E-state index in [-0.39, 0.29) is 0 Å². The Balaban J connectivity index is 2.37. The summed E-state index contributed by atoms with van der Waals surface area (Å²) in [7, 11) is 0.383. The van der Waals surface area contributed by atoms with Gasteiger partial charge in [0.25, 0.3) is 0 Å². The van der Waals surface area contributed by atoms with Gasteiger partial charge in [0.2, 0.25) is 0 Å². The molecule has 0 radical (unpaired) electrons. The number of amides is 1. The van der Waals surface area contributed by atoms with Crippen LogP contribution in [0.5, 0.6) is 5.75 Å². The minimum absolute atomic E-state index is 0.383. The Morgan fingerprint density at radius 1 is 1.15 bits per heavy atom. The molecule has 6 nitrogen and oxygen atoms in total. The van der Waals surface area contributed by atoms with Crippen LogP contribution < -0.4 is 15.5 Å². The number of alkyl carbamates (subject to hydrolysis) is 1. The first-order valence-electron chi connectivity index (χ1n) is 9.35. The Bertz CT molecular complexity index is 605. The van der Waals surface area contributed by atoms with Crippen molar-refractivity contribution in [2.24, 2.45) is 0 Å². The molecule has 0 aliphatic rings. The van der Waals surface area contributed by atoms with Gasteiger partial charge in [-0.15, -0.1) is 0 Å². The van der Waals surface area contributed by atoms with E-state index >= 15 is 0 Å². The van der Waals surface area contributed by atoms with Crippen molar-refractivity contribution in [2.75, 3.05) is 13.2 Å². The van der Waals surface area contributed by atoms with Crippen LogP contribution in [-0.4, -0.2) is 48.6 Å². The molecule has 2 N–H and O–H groups in total. The lowest BCUT2D eigenvalue weighted by Gasteiger charge is -2.37. The summed E-state index contributed by atoms with van der Waals surface area (Å²) in [5, 5.41) is 12.9. The molecule has 0 heterocycles. The third-order valence-electron chi connectivity index (χ3n) is 4.23. The highest BCUT2D eigenvalue weighted by Crippen LogP contribution is 2.24. The number of rotatable bonds is 9. The molecule has 0 atom stereocenters. The fourth-order valence-corrected chi connectivity index (χ4v) is 1.93. The first-order valence-corrected chi connectivity index (χ1v) is 9.35. The topological polar surface area (TPSA) is 77.0 Å². The lowest BCUT2D eigenvalue weighted by Crippen LogP contribution is -2.49. The van der Waals surface area contributed by atoms with E-state index in [1.165, 1.54) is 0 Å². The van der Waals surface area contributed by atoms with Crippen molar-refractivity contribution in [1.29, 1.82) is 0 Å². The summed E-state index contributed by atoms with van der Waals surface area (Å²) in [6.07, 6.45) is 0.252. The molecule has 1 aromatic carbocycles. The Morgan fingerprint density at radius 2 is 1.81 bits per heavy atom. The molecule has 0 spiro atoms. The number of nitrogens with one attached hydrogen (secondary N) is 1. The van der Waals surface area contributed by atoms with E-state index in [2.05, 4.69) is 5.32 Å². The van der Waals surface area contributed by atoms with Gasteiger partial charge in [0.1, 0.15) is 11.4 Å². The molecule has 0 saturated heterocycles. The summed E-state index contributed by atoms with van der Waals surface area (Å²) in [4.78, 5) is 11.6. The maximum atomic E-state index is 11.6. The van der Waals surface area contributed by atoms with Gasteiger partial charge in [-0.3, -0.25) is 0 Å². The normalized spacial score (nSPS) is 12.4. The van der Waals surface area contributed by atoms with Crippen LogP contribution in [0.2, 0.25) is 0 Å². The molecule has 0 unspecified atom stereocenters. The van der Waals surface area contributed by atoms with Gasteiger partial charge in [0.05, 0.1) is 17.8 Å². The van der Waals surface area contributed by atoms with Gasteiger partial charge in [0, 0.05) is 6.54 Å². The monoisotopic (exact) mass is 379 g/mol. The molecular weight excluding hydrogens is 345 g/mol. The molecular formula is C20H34BNO5. The van der Waals surface area contributed by atoms with E-state index in [9.17, 15) is 9.90 Å². The number of benzene rings is 1. The summed E-state index contributed by atoms with van der Waals surface area (Å²) < 4.78 is 16.8. The number of carbonyl (C=O) groups is 1. The number of aliphatic hydroxyl groups is 1. The summed E-state index contributed by atoms with van der Waals surface area (Å²) in [6, 6.07) is 7.66. The molecule has 0 aliphatic carbocycles. The third kappa shape index (κ3) is 9.15. The Kier molecular flexibility index (Phi) is 8.17. The molecule has 1 rings (SSSR count). The quantitative estimate of drug-likeness (QED) is 0.509. The molecule has 1 amide bonds. The highest BCUT2D eigenvalue weighted by molar-refractivity contribution is 6.47. The van der Waals surface area contributed by atoms with E-state index in [0.717, 1.165) is 11.2 Å². The second kappa shape index (κ2) is 9.46. The van der Waals surface area contributed by atoms with Crippen LogP contribution in [0.15, 0.2) is 24.3 Å². The van der Waals surface area contributed by atoms with E-state index in [1.54, 1.807) is 13.8 Å². The van der Waals surface area contributed by atoms with Crippen LogP contribution in [0.25, 0.3) is 0 Å². The molecule has 0 bridgehead atoms. The van der Waals surface area contributed by atoms with Gasteiger partial charge in [-0.1, -0.05) is 12.1 Å². The van der Waals surface area contributed by atoms with E-state index < -0.39 is 22.9 Å². The molecule has 0 aliphatic heterocycles. The van der Waals surface area contributed by atoms with E-state index in [1.807, 2.05) is 58.9 Å². The zero-order chi connectivity index (χ0) is 20.7. The molecule has 0 aromatic heterocycles. The Hall–Kier alpha value is -1.73. The Morgan fingerprint density at radius 3 is 2.41 bits per heavy atom. The number of hydrogen-bond acceptors (Lipinski definition) is 5. The summed E-state index contributed by atoms with van der Waals surface area (Å²) in [6.45, 7) is 13.7. The maximum absolute atomic E-state index is 11.6. The predicted molar refractivity (Wildman–Crippen MR) is 109 cm³/mol. The fourth-order valence-electron chi connectivity index (χ4n) is 1.93. The first kappa shape index (κ1) is 23.3. The molecule has 152 valence electrons. The van der Waals surface area contributed by atoms with Gasteiger partial charge in [-0.2, -0.15) is 0 Å². The maximum Gasteiger partial charge on any atom is 0.407 e. The highest BCUT2D eigenvalue weighted by Gasteiger charge is 2.35. The third-order valence-corrected chi connectivity index (χ3v) is 4.23. The lowest BCUT2D eigenvalue weighted by atomic mass is 9.82. The molecule has 0 fully saturated rings. The van der Waals surface area contributed by atoms with E-state index in [4.69, 9.17) is 14.1 Å². The van der Waals surface area contributed by atoms with Crippen molar-refractivity contribution in [3.8, 4) is 5.75 Å². The van der Waals surface area contributed by atoms with Gasteiger partial charge in [0.15, 0.2) is 0 Å². The van der Waals surface area contributed by atoms with Crippen molar-refractivity contribution in [3.05, 3.63) is 24.3 Å². The average Bonchev–Trinajstić information content (AvgIpc) is 2.50. The standard InChI is InChI=1S/C20H34BNO5/c1-18(2,3)26-17(23)22-12-9-13-25-16-11-8-10-15(14-16)21-27-20(6,7)19(4,5)24/h8,10-11,14,21,24H,9,12-13H2,1-7H3,(H,22,23). The van der Waals surface area contributed by atoms with E-state index in [0.29, 0.717) is 27.1 Å². The first-order chi connectivity index (χ1) is 12.3. The van der Waals surface area contributed by atoms with Crippen LogP contribution in [-0.2, 0) is 9.39 Å². The number of ether oxygens (including phenoxy) is 2. The second-order valence-corrected chi connectivity index (χ2v) is 8.64. The van der Waals surface area contributed by atoms with Crippen molar-refractivity contribution < 1.29 is 24.0 Å². The minimum Gasteiger partial charge on any atom is -0.494 e. The smallest absolute Gasteiger partial charge is 0.407 e. The minimum atomic E-state index is -0.942. The zero-order valence-electron chi connectivity index (χ0n) is 17.7. The average molecular weight is 379 g/mol. The van der Waals surface area contributed by atoms with Crippen LogP contribution in [0, 0.1) is 0 Å². The molecule has 27 heavy (non-hydrogen) atoms. The summed E-state index contributed by atoms with van der Waals surface area (Å²) >= 11 is 0. The van der Waals surface area contributed by atoms with Crippen molar-refractivity contribution in [1.82, 2.24) is 5.32 Å². The molecule has 1 aromatic rings.